The minimum Gasteiger partial charge on any atom is -0.417 e. The maximum absolute atomic E-state index is 11.4. The molecule has 1 amide bonds. The molecule has 1 fully saturated rings. The summed E-state index contributed by atoms with van der Waals surface area (Å²) in [5.74, 6) is -1.53. The normalized spacial score (nSPS) is 35.1. The van der Waals surface area contributed by atoms with Crippen LogP contribution in [0.2, 0.25) is 0 Å². The molecule has 0 spiro atoms. The van der Waals surface area contributed by atoms with E-state index in [2.05, 4.69) is 4.74 Å². The second-order valence-corrected chi connectivity index (χ2v) is 6.46. The Bertz CT molecular complexity index is 411. The minimum atomic E-state index is -4.56. The summed E-state index contributed by atoms with van der Waals surface area (Å²) in [6.45, 7) is 0.334. The van der Waals surface area contributed by atoms with Crippen LogP contribution in [0.5, 0.6) is 0 Å². The average Bonchev–Trinajstić information content (AvgIpc) is 2.38. The first-order chi connectivity index (χ1) is 9.57. The summed E-state index contributed by atoms with van der Waals surface area (Å²) < 4.78 is 20.3. The smallest absolute Gasteiger partial charge is 0.410 e. The van der Waals surface area contributed by atoms with Crippen molar-refractivity contribution in [3.05, 3.63) is 0 Å². The maximum atomic E-state index is 11.4. The predicted molar refractivity (Wildman–Crippen MR) is 64.9 cm³/mol. The number of rotatable bonds is 4. The van der Waals surface area contributed by atoms with Crippen LogP contribution in [0.3, 0.4) is 0 Å². The number of carbonyl (C=O) groups excluding carboxylic acids is 1. The van der Waals surface area contributed by atoms with Crippen molar-refractivity contribution >= 4 is 13.7 Å². The Labute approximate surface area is 119 Å². The molecule has 0 aliphatic carbocycles. The predicted octanol–water partition coefficient (Wildman–Crippen LogP) is -2.96. The van der Waals surface area contributed by atoms with Gasteiger partial charge in [0.2, 0.25) is 6.29 Å². The van der Waals surface area contributed by atoms with Crippen molar-refractivity contribution in [2.45, 2.75) is 43.4 Å². The molecule has 0 aromatic carbocycles. The Hall–Kier alpha value is -0.780. The lowest BCUT2D eigenvalue weighted by atomic mass is 9.99. The van der Waals surface area contributed by atoms with Crippen molar-refractivity contribution in [2.75, 3.05) is 6.61 Å². The van der Waals surface area contributed by atoms with Crippen LogP contribution in [-0.4, -0.2) is 79.4 Å². The van der Waals surface area contributed by atoms with Gasteiger partial charge in [0.1, 0.15) is 30.2 Å². The summed E-state index contributed by atoms with van der Waals surface area (Å²) in [5, 5.41) is 39.3. The Morgan fingerprint density at radius 2 is 1.86 bits per heavy atom. The molecule has 1 saturated heterocycles. The van der Waals surface area contributed by atoms with E-state index in [0.717, 1.165) is 6.92 Å². The second kappa shape index (κ2) is 6.99. The molecule has 1 heterocycles. The fourth-order valence-electron chi connectivity index (χ4n) is 1.56. The molecule has 124 valence electrons. The Balaban J connectivity index is 2.64. The van der Waals surface area contributed by atoms with Gasteiger partial charge in [0.05, 0.1) is 6.61 Å². The molecule has 1 rings (SSSR count). The lowest BCUT2D eigenvalue weighted by Gasteiger charge is -2.39. The largest absolute Gasteiger partial charge is 0.417 e. The third kappa shape index (κ3) is 4.59. The summed E-state index contributed by atoms with van der Waals surface area (Å²) >= 11 is 0. The Kier molecular flexibility index (Phi) is 6.08. The molecule has 1 aliphatic heterocycles. The summed E-state index contributed by atoms with van der Waals surface area (Å²) in [6.07, 6.45) is -9.42. The second-order valence-electron chi connectivity index (χ2n) is 4.51. The average molecular weight is 331 g/mol. The number of carbonyl (C=O) groups is 1. The van der Waals surface area contributed by atoms with Gasteiger partial charge in [-0.3, -0.25) is 4.57 Å². The van der Waals surface area contributed by atoms with E-state index in [0.29, 0.717) is 0 Å². The molecular weight excluding hydrogens is 313 g/mol. The fraction of sp³-hybridized carbons (Fsp3) is 0.889. The third-order valence-corrected chi connectivity index (χ3v) is 4.04. The number of ether oxygens (including phenoxy) is 2. The first kappa shape index (κ1) is 18.3. The van der Waals surface area contributed by atoms with E-state index in [4.69, 9.17) is 19.6 Å². The fourth-order valence-corrected chi connectivity index (χ4v) is 1.83. The van der Waals surface area contributed by atoms with Crippen LogP contribution in [-0.2, 0) is 14.0 Å². The highest BCUT2D eigenvalue weighted by Gasteiger charge is 2.45. The highest BCUT2D eigenvalue weighted by Crippen LogP contribution is 2.39. The van der Waals surface area contributed by atoms with Gasteiger partial charge in [0.15, 0.2) is 0 Å². The first-order valence-electron chi connectivity index (χ1n) is 5.90. The zero-order chi connectivity index (χ0) is 16.4. The van der Waals surface area contributed by atoms with E-state index in [1.54, 1.807) is 0 Å². The molecule has 11 nitrogen and oxygen atoms in total. The van der Waals surface area contributed by atoms with Crippen LogP contribution in [0, 0.1) is 0 Å². The number of aliphatic hydroxyl groups is 4. The van der Waals surface area contributed by atoms with E-state index in [1.165, 1.54) is 0 Å². The van der Waals surface area contributed by atoms with Gasteiger partial charge in [0.25, 0.3) is 0 Å². The molecule has 0 bridgehead atoms. The van der Waals surface area contributed by atoms with Gasteiger partial charge in [-0.2, -0.15) is 0 Å². The topological polar surface area (TPSA) is 186 Å². The van der Waals surface area contributed by atoms with Crippen molar-refractivity contribution in [1.29, 1.82) is 0 Å². The van der Waals surface area contributed by atoms with Gasteiger partial charge in [-0.1, -0.05) is 0 Å². The van der Waals surface area contributed by atoms with E-state index in [9.17, 15) is 24.7 Å². The van der Waals surface area contributed by atoms with Gasteiger partial charge in [-0.05, 0) is 6.92 Å². The number of amides is 1. The summed E-state index contributed by atoms with van der Waals surface area (Å²) in [6, 6.07) is 0. The van der Waals surface area contributed by atoms with Gasteiger partial charge in [-0.25, -0.2) is 4.79 Å². The molecule has 21 heavy (non-hydrogen) atoms. The van der Waals surface area contributed by atoms with E-state index >= 15 is 0 Å². The molecule has 0 aromatic heterocycles. The minimum absolute atomic E-state index is 0.703. The molecule has 0 aromatic rings. The highest BCUT2D eigenvalue weighted by molar-refractivity contribution is 7.52. The van der Waals surface area contributed by atoms with Crippen LogP contribution < -0.4 is 5.32 Å². The number of hydrogen-bond acceptors (Lipinski definition) is 8. The van der Waals surface area contributed by atoms with Crippen molar-refractivity contribution in [2.24, 2.45) is 0 Å². The summed E-state index contributed by atoms with van der Waals surface area (Å²) in [5.41, 5.74) is 0. The summed E-state index contributed by atoms with van der Waals surface area (Å²) in [7, 11) is -4.56. The van der Waals surface area contributed by atoms with Crippen LogP contribution in [0.4, 0.5) is 4.79 Å². The molecule has 12 heteroatoms. The molecule has 1 aliphatic rings. The first-order valence-corrected chi connectivity index (χ1v) is 7.59. The molecule has 0 unspecified atom stereocenters. The molecule has 0 radical (unpaired) electrons. The van der Waals surface area contributed by atoms with Crippen molar-refractivity contribution in [3.8, 4) is 0 Å². The zero-order valence-corrected chi connectivity index (χ0v) is 11.8. The van der Waals surface area contributed by atoms with Crippen LogP contribution >= 0.6 is 7.60 Å². The highest BCUT2D eigenvalue weighted by atomic mass is 31.2. The maximum Gasteiger partial charge on any atom is 0.410 e. The Morgan fingerprint density at radius 1 is 1.29 bits per heavy atom. The van der Waals surface area contributed by atoms with Gasteiger partial charge in [-0.15, -0.1) is 0 Å². The summed E-state index contributed by atoms with van der Waals surface area (Å²) in [4.78, 5) is 29.0. The molecule has 6 atom stereocenters. The van der Waals surface area contributed by atoms with Gasteiger partial charge < -0.3 is 45.0 Å². The van der Waals surface area contributed by atoms with Gasteiger partial charge >= 0.3 is 13.7 Å². The quantitative estimate of drug-likeness (QED) is 0.262. The van der Waals surface area contributed by atoms with Crippen molar-refractivity contribution in [1.82, 2.24) is 5.32 Å². The molecule has 7 N–H and O–H groups in total. The van der Waals surface area contributed by atoms with Crippen LogP contribution in [0.1, 0.15) is 6.92 Å². The van der Waals surface area contributed by atoms with Gasteiger partial charge in [0, 0.05) is 0 Å². The van der Waals surface area contributed by atoms with Crippen LogP contribution in [0.15, 0.2) is 0 Å². The number of aliphatic hydroxyl groups excluding tert-OH is 4. The monoisotopic (exact) mass is 331 g/mol. The standard InChI is InChI=1S/C9H18NO10P/c1-3(21(16,17)18)10-9(15)20-8-7(14)6(13)5(12)4(2-11)19-8/h3-8,11-14H,2H2,1H3,(H,10,15)(H2,16,17,18)/t3-,4-,5+,6+,7-,8+/m1/s1. The SMILES string of the molecule is C[C@H](NC(=O)O[C@@H]1O[C@H](CO)[C@H](O)[C@H](O)[C@H]1O)P(=O)(O)O. The number of hydrogen-bond donors (Lipinski definition) is 7. The third-order valence-electron chi connectivity index (χ3n) is 2.90. The molecular formula is C9H18NO10P. The lowest BCUT2D eigenvalue weighted by molar-refractivity contribution is -0.284. The zero-order valence-electron chi connectivity index (χ0n) is 10.9. The van der Waals surface area contributed by atoms with E-state index < -0.39 is 56.8 Å². The van der Waals surface area contributed by atoms with Crippen molar-refractivity contribution < 1.29 is 49.0 Å². The number of nitrogens with one attached hydrogen (secondary N) is 1. The van der Waals surface area contributed by atoms with Crippen LogP contribution in [0.25, 0.3) is 0 Å². The van der Waals surface area contributed by atoms with Crippen molar-refractivity contribution in [3.63, 3.8) is 0 Å². The molecule has 0 saturated carbocycles. The van der Waals surface area contributed by atoms with E-state index in [1.807, 2.05) is 5.32 Å². The number of alkyl carbamates (subject to hydrolysis) is 1. The van der Waals surface area contributed by atoms with E-state index in [-0.39, 0.29) is 0 Å². The lowest BCUT2D eigenvalue weighted by Crippen LogP contribution is -2.60. The Morgan fingerprint density at radius 3 is 2.33 bits per heavy atom.